The second kappa shape index (κ2) is 12.3. The highest BCUT2D eigenvalue weighted by Crippen LogP contribution is 2.30. The zero-order valence-corrected chi connectivity index (χ0v) is 20.8. The molecule has 0 unspecified atom stereocenters. The Morgan fingerprint density at radius 1 is 1.05 bits per heavy atom. The highest BCUT2D eigenvalue weighted by atomic mass is 19.1. The predicted molar refractivity (Wildman–Crippen MR) is 141 cm³/mol. The van der Waals surface area contributed by atoms with Crippen LogP contribution in [0.4, 0.5) is 18.9 Å². The molecule has 0 atom stereocenters. The summed E-state index contributed by atoms with van der Waals surface area (Å²) in [4.78, 5) is 42.5. The summed E-state index contributed by atoms with van der Waals surface area (Å²) in [6.45, 7) is -5.04. The van der Waals surface area contributed by atoms with Gasteiger partial charge in [0.1, 0.15) is 28.7 Å². The molecule has 1 amide bonds. The first-order valence-corrected chi connectivity index (χ1v) is 11.7. The maximum absolute atomic E-state index is 15.1. The number of anilines is 1. The van der Waals surface area contributed by atoms with Gasteiger partial charge in [-0.15, -0.1) is 0 Å². The Kier molecular flexibility index (Phi) is 6.74. The molecule has 2 aromatic heterocycles. The number of nitrogens with one attached hydrogen (secondary N) is 1. The Balaban J connectivity index is 1.68. The lowest BCUT2D eigenvalue weighted by atomic mass is 10.1. The third-order valence-corrected chi connectivity index (χ3v) is 5.61. The predicted octanol–water partition coefficient (Wildman–Crippen LogP) is 5.61. The van der Waals surface area contributed by atoms with E-state index in [9.17, 15) is 18.8 Å². The molecule has 11 heteroatoms. The smallest absolute Gasteiger partial charge is 0.271 e. The Hall–Kier alpha value is -4.93. The van der Waals surface area contributed by atoms with Crippen molar-refractivity contribution in [2.75, 3.05) is 11.9 Å². The Morgan fingerprint density at radius 3 is 2.55 bits per heavy atom. The molecule has 0 radical (unpaired) electrons. The molecule has 2 aromatic carbocycles. The van der Waals surface area contributed by atoms with E-state index in [1.54, 1.807) is 6.92 Å². The van der Waals surface area contributed by atoms with E-state index in [1.165, 1.54) is 30.5 Å². The standard InChI is InChI=1S/C29H24F3N3O5/c1-3-20(36)13-18-14-21(9-11-33-18)40-26-16-22(31)24(15-23(26)32)34-28(37)27-25(39-4-2)10-12-35(29(27)38)19-7-5-17(30)6-8-19/h5-12,14-16H,3-4,13H2,1-2H3,(H,34,37)/i2D3,4D2. The van der Waals surface area contributed by atoms with Crippen LogP contribution < -0.4 is 20.3 Å². The molecule has 1 N–H and O–H groups in total. The highest BCUT2D eigenvalue weighted by Gasteiger charge is 2.22. The van der Waals surface area contributed by atoms with Gasteiger partial charge in [-0.3, -0.25) is 23.9 Å². The number of pyridine rings is 2. The van der Waals surface area contributed by atoms with Crippen molar-refractivity contribution in [2.45, 2.75) is 26.6 Å². The van der Waals surface area contributed by atoms with Gasteiger partial charge in [-0.25, -0.2) is 13.2 Å². The summed E-state index contributed by atoms with van der Waals surface area (Å²) < 4.78 is 92.5. The fourth-order valence-electron chi connectivity index (χ4n) is 3.63. The van der Waals surface area contributed by atoms with E-state index >= 15 is 8.78 Å². The number of hydrogen-bond acceptors (Lipinski definition) is 6. The number of rotatable bonds is 10. The second-order valence-corrected chi connectivity index (χ2v) is 8.28. The van der Waals surface area contributed by atoms with Gasteiger partial charge >= 0.3 is 0 Å². The minimum atomic E-state index is -3.37. The van der Waals surface area contributed by atoms with Crippen LogP contribution in [-0.2, 0) is 11.2 Å². The first-order valence-electron chi connectivity index (χ1n) is 14.2. The topological polar surface area (TPSA) is 99.5 Å². The normalized spacial score (nSPS) is 13.2. The van der Waals surface area contributed by atoms with Crippen molar-refractivity contribution < 1.29 is 39.1 Å². The molecular formula is C29H24F3N3O5. The molecule has 8 nitrogen and oxygen atoms in total. The molecule has 0 fully saturated rings. The molecule has 0 spiro atoms. The van der Waals surface area contributed by atoms with Crippen molar-refractivity contribution in [3.63, 3.8) is 0 Å². The minimum absolute atomic E-state index is 0.0114. The van der Waals surface area contributed by atoms with Gasteiger partial charge < -0.3 is 14.8 Å². The summed E-state index contributed by atoms with van der Waals surface area (Å²) >= 11 is 0. The van der Waals surface area contributed by atoms with Crippen LogP contribution in [0.1, 0.15) is 43.1 Å². The average molecular weight is 557 g/mol. The van der Waals surface area contributed by atoms with Crippen LogP contribution in [0.2, 0.25) is 0 Å². The van der Waals surface area contributed by atoms with Crippen molar-refractivity contribution in [2.24, 2.45) is 0 Å². The zero-order valence-electron chi connectivity index (χ0n) is 25.8. The van der Waals surface area contributed by atoms with Gasteiger partial charge in [0.25, 0.3) is 11.5 Å². The molecule has 0 saturated carbocycles. The number of aromatic nitrogens is 2. The largest absolute Gasteiger partial charge is 0.493 e. The number of ether oxygens (including phenoxy) is 2. The summed E-state index contributed by atoms with van der Waals surface area (Å²) in [5.41, 5.74) is -2.47. The number of benzene rings is 2. The summed E-state index contributed by atoms with van der Waals surface area (Å²) in [6, 6.07) is 9.29. The van der Waals surface area contributed by atoms with E-state index in [-0.39, 0.29) is 30.1 Å². The lowest BCUT2D eigenvalue weighted by molar-refractivity contribution is -0.118. The second-order valence-electron chi connectivity index (χ2n) is 8.28. The average Bonchev–Trinajstić information content (AvgIpc) is 2.96. The third-order valence-electron chi connectivity index (χ3n) is 5.61. The van der Waals surface area contributed by atoms with E-state index < -0.39 is 65.1 Å². The number of halogens is 3. The fraction of sp³-hybridized carbons (Fsp3) is 0.172. The van der Waals surface area contributed by atoms with Crippen LogP contribution in [0.5, 0.6) is 17.2 Å². The van der Waals surface area contributed by atoms with Gasteiger partial charge in [0.05, 0.1) is 20.7 Å². The number of Topliss-reactive ketones (excluding diaryl/α,β-unsaturated/α-hetero) is 1. The molecular weight excluding hydrogens is 527 g/mol. The van der Waals surface area contributed by atoms with E-state index in [0.29, 0.717) is 17.8 Å². The van der Waals surface area contributed by atoms with Crippen LogP contribution >= 0.6 is 0 Å². The van der Waals surface area contributed by atoms with Crippen LogP contribution in [0, 0.1) is 17.5 Å². The molecule has 0 saturated heterocycles. The van der Waals surface area contributed by atoms with Crippen molar-refractivity contribution in [1.82, 2.24) is 9.55 Å². The molecule has 206 valence electrons. The first-order chi connectivity index (χ1) is 21.1. The molecule has 4 rings (SSSR count). The fourth-order valence-corrected chi connectivity index (χ4v) is 3.63. The number of hydrogen-bond donors (Lipinski definition) is 1. The molecule has 0 bridgehead atoms. The van der Waals surface area contributed by atoms with Gasteiger partial charge in [0.15, 0.2) is 17.4 Å². The quantitative estimate of drug-likeness (QED) is 0.272. The summed E-state index contributed by atoms with van der Waals surface area (Å²) in [5, 5.41) is 2.02. The van der Waals surface area contributed by atoms with Crippen LogP contribution in [-0.4, -0.2) is 27.8 Å². The van der Waals surface area contributed by atoms with Crippen LogP contribution in [0.25, 0.3) is 5.69 Å². The lowest BCUT2D eigenvalue weighted by Gasteiger charge is -2.14. The van der Waals surface area contributed by atoms with Crippen molar-refractivity contribution in [1.29, 1.82) is 0 Å². The lowest BCUT2D eigenvalue weighted by Crippen LogP contribution is -2.29. The molecule has 2 heterocycles. The summed E-state index contributed by atoms with van der Waals surface area (Å²) in [6.07, 6.45) is 2.65. The molecule has 0 aliphatic carbocycles. The van der Waals surface area contributed by atoms with Gasteiger partial charge in [-0.1, -0.05) is 6.92 Å². The number of carbonyl (C=O) groups excluding carboxylic acids is 2. The van der Waals surface area contributed by atoms with Gasteiger partial charge in [-0.2, -0.15) is 0 Å². The summed E-state index contributed by atoms with van der Waals surface area (Å²) in [7, 11) is 0. The van der Waals surface area contributed by atoms with E-state index in [4.69, 9.17) is 16.3 Å². The van der Waals surface area contributed by atoms with Crippen molar-refractivity contribution in [3.05, 3.63) is 106 Å². The molecule has 0 aliphatic heterocycles. The number of carbonyl (C=O) groups is 2. The molecule has 4 aromatic rings. The Bertz CT molecular complexity index is 1820. The Labute approximate surface area is 234 Å². The van der Waals surface area contributed by atoms with E-state index in [0.717, 1.165) is 29.0 Å². The third kappa shape index (κ3) is 6.37. The maximum atomic E-state index is 15.1. The van der Waals surface area contributed by atoms with Gasteiger partial charge in [-0.05, 0) is 43.3 Å². The SMILES string of the molecule is [2H]C([2H])([2H])C([2H])([2H])Oc1ccn(-c2ccc(F)cc2)c(=O)c1C(=O)Nc1cc(F)c(Oc2ccnc(CC(=O)CC)c2)cc1F. The van der Waals surface area contributed by atoms with Gasteiger partial charge in [0.2, 0.25) is 0 Å². The monoisotopic (exact) mass is 556 g/mol. The van der Waals surface area contributed by atoms with Crippen molar-refractivity contribution in [3.8, 4) is 22.9 Å². The van der Waals surface area contributed by atoms with Gasteiger partial charge in [0, 0.05) is 53.2 Å². The number of ketones is 1. The van der Waals surface area contributed by atoms with E-state index in [1.807, 2.05) is 5.32 Å². The van der Waals surface area contributed by atoms with Crippen LogP contribution in [0.3, 0.4) is 0 Å². The number of amides is 1. The molecule has 40 heavy (non-hydrogen) atoms. The van der Waals surface area contributed by atoms with Crippen LogP contribution in [0.15, 0.2) is 71.8 Å². The zero-order chi connectivity index (χ0) is 33.1. The number of nitrogens with zero attached hydrogens (tertiary/aromatic N) is 2. The van der Waals surface area contributed by atoms with E-state index in [2.05, 4.69) is 4.98 Å². The summed E-state index contributed by atoms with van der Waals surface area (Å²) in [5.74, 6) is -5.81. The first kappa shape index (κ1) is 21.9. The maximum Gasteiger partial charge on any atom is 0.271 e. The highest BCUT2D eigenvalue weighted by molar-refractivity contribution is 6.06. The molecule has 0 aliphatic rings. The minimum Gasteiger partial charge on any atom is -0.493 e. The van der Waals surface area contributed by atoms with Crippen molar-refractivity contribution >= 4 is 17.4 Å². The Morgan fingerprint density at radius 2 is 1.82 bits per heavy atom.